The number of hydrogen-bond acceptors (Lipinski definition) is 3. The Morgan fingerprint density at radius 1 is 0.681 bits per heavy atom. The fourth-order valence-corrected chi connectivity index (χ4v) is 7.34. The third-order valence-corrected chi connectivity index (χ3v) is 9.61. The summed E-state index contributed by atoms with van der Waals surface area (Å²) in [6.45, 7) is 15.9. The molecule has 0 heterocycles. The van der Waals surface area contributed by atoms with Crippen LogP contribution in [0.5, 0.6) is 0 Å². The third kappa shape index (κ3) is 11.5. The maximum atomic E-state index is 14.6. The van der Waals surface area contributed by atoms with Crippen LogP contribution in [-0.2, 0) is 34.2 Å². The summed E-state index contributed by atoms with van der Waals surface area (Å²) in [5.74, 6) is 2.62. The van der Waals surface area contributed by atoms with Gasteiger partial charge in [0.05, 0.1) is 11.5 Å². The minimum Gasteiger partial charge on any atom is -1.00 e. The molecule has 1 fully saturated rings. The number of benzene rings is 3. The van der Waals surface area contributed by atoms with Crippen molar-refractivity contribution in [3.8, 4) is 0 Å². The molecule has 0 amide bonds. The molecule has 5 nitrogen and oxygen atoms in total. The Morgan fingerprint density at radius 3 is 1.64 bits per heavy atom. The van der Waals surface area contributed by atoms with Crippen molar-refractivity contribution >= 4 is 10.0 Å². The fourth-order valence-electron chi connectivity index (χ4n) is 5.51. The van der Waals surface area contributed by atoms with Gasteiger partial charge in [-0.3, -0.25) is 0 Å². The zero-order chi connectivity index (χ0) is 32.6. The van der Waals surface area contributed by atoms with Crippen molar-refractivity contribution in [2.75, 3.05) is 19.8 Å². The molecule has 253 valence electrons. The van der Waals surface area contributed by atoms with Gasteiger partial charge in [0.25, 0.3) is 0 Å². The van der Waals surface area contributed by atoms with Gasteiger partial charge in [0.2, 0.25) is 0 Å². The van der Waals surface area contributed by atoms with Crippen molar-refractivity contribution in [1.29, 1.82) is 0 Å². The van der Waals surface area contributed by atoms with Crippen LogP contribution in [0.4, 0.5) is 0 Å². The molecule has 0 aliphatic heterocycles. The van der Waals surface area contributed by atoms with E-state index in [-0.39, 0.29) is 49.6 Å². The van der Waals surface area contributed by atoms with Crippen LogP contribution in [0.2, 0.25) is 0 Å². The van der Waals surface area contributed by atoms with Crippen molar-refractivity contribution in [2.45, 2.75) is 83.2 Å². The van der Waals surface area contributed by atoms with E-state index in [1.54, 1.807) is 0 Å². The molecule has 0 unspecified atom stereocenters. The summed E-state index contributed by atoms with van der Waals surface area (Å²) in [4.78, 5) is 0.339. The van der Waals surface area contributed by atoms with Gasteiger partial charge in [0, 0.05) is 12.5 Å². The predicted molar refractivity (Wildman–Crippen MR) is 186 cm³/mol. The molecule has 4 rings (SSSR count). The molecular formula is C39H48ClN2O3RuS. The molecule has 1 aliphatic carbocycles. The minimum atomic E-state index is -4.10. The summed E-state index contributed by atoms with van der Waals surface area (Å²) >= 11 is 0. The average Bonchev–Trinajstić information content (AvgIpc) is 3.02. The first kappa shape index (κ1) is 41.6. The smallest absolute Gasteiger partial charge is 1.00 e. The van der Waals surface area contributed by atoms with Crippen molar-refractivity contribution < 1.29 is 45.0 Å². The van der Waals surface area contributed by atoms with E-state index in [9.17, 15) is 8.42 Å². The molecule has 0 spiro atoms. The van der Waals surface area contributed by atoms with Crippen molar-refractivity contribution in [3.63, 3.8) is 0 Å². The minimum absolute atomic E-state index is 0. The van der Waals surface area contributed by atoms with Crippen LogP contribution in [0.3, 0.4) is 0 Å². The Balaban J connectivity index is 0.00000384. The monoisotopic (exact) mass is 761 g/mol. The number of ether oxygens (including phenoxy) is 1. The quantitative estimate of drug-likeness (QED) is 0.124. The van der Waals surface area contributed by atoms with Gasteiger partial charge in [0.1, 0.15) is 10.0 Å². The van der Waals surface area contributed by atoms with Gasteiger partial charge in [-0.1, -0.05) is 132 Å². The van der Waals surface area contributed by atoms with Crippen LogP contribution in [0.1, 0.15) is 106 Å². The van der Waals surface area contributed by atoms with Crippen molar-refractivity contribution in [2.24, 2.45) is 0 Å². The van der Waals surface area contributed by atoms with Crippen LogP contribution in [0, 0.1) is 37.5 Å². The summed E-state index contributed by atoms with van der Waals surface area (Å²) in [6, 6.07) is 22.4. The maximum absolute atomic E-state index is 14.6. The summed E-state index contributed by atoms with van der Waals surface area (Å²) in [5, 5.41) is 5.06. The van der Waals surface area contributed by atoms with Crippen molar-refractivity contribution in [1.82, 2.24) is 0 Å². The van der Waals surface area contributed by atoms with Gasteiger partial charge in [0.15, 0.2) is 0 Å². The SMILES string of the molecule is C[C]1[CH][CH][C](COCC[N-][C@H](c2ccccc2)[C@H]([N-]S(=O)(=O)c2c(C(C)C)cc(C(C)C)cc2C(C)C)c2ccccc2)[CH][CH]1.[Cl-].[Ru+3]. The fraction of sp³-hybridized carbons (Fsp3) is 0.385. The van der Waals surface area contributed by atoms with Crippen LogP contribution >= 0.6 is 0 Å². The molecule has 8 heteroatoms. The Bertz CT molecular complexity index is 1410. The van der Waals surface area contributed by atoms with E-state index in [0.29, 0.717) is 24.7 Å². The molecule has 0 bridgehead atoms. The second-order valence-corrected chi connectivity index (χ2v) is 14.3. The molecule has 1 saturated carbocycles. The standard InChI is InChI=1S/C39H48N2O3S.ClH.Ru/c1-27(2)34-24-35(28(3)4)39(36(25-34)29(5)6)45(42,43)41-38(33-16-12-9-13-17-33)37(32-14-10-8-11-15-32)40-22-23-44-26-31-20-18-30(7)19-21-31;;/h8-21,24-25,27-29,37-38H,22-23,26H2,1-7H3;1H;/q-2;;+3/p-1/t37-,38-;;/m1../s1. The van der Waals surface area contributed by atoms with E-state index >= 15 is 0 Å². The molecular weight excluding hydrogens is 713 g/mol. The molecule has 1 aliphatic rings. The van der Waals surface area contributed by atoms with E-state index < -0.39 is 22.1 Å². The first-order valence-corrected chi connectivity index (χ1v) is 17.5. The number of hydrogen-bond donors (Lipinski definition) is 0. The summed E-state index contributed by atoms with van der Waals surface area (Å²) in [6.07, 6.45) is 8.29. The first-order chi connectivity index (χ1) is 21.5. The number of sulfonamides is 1. The van der Waals surface area contributed by atoms with Crippen LogP contribution < -0.4 is 12.4 Å². The Morgan fingerprint density at radius 2 is 1.17 bits per heavy atom. The summed E-state index contributed by atoms with van der Waals surface area (Å²) < 4.78 is 40.0. The van der Waals surface area contributed by atoms with Crippen LogP contribution in [0.15, 0.2) is 77.7 Å². The topological polar surface area (TPSA) is 71.6 Å². The maximum Gasteiger partial charge on any atom is 3.00 e. The molecule has 47 heavy (non-hydrogen) atoms. The second-order valence-electron chi connectivity index (χ2n) is 12.7. The Kier molecular flexibility index (Phi) is 17.3. The molecule has 7 radical (unpaired) electrons. The van der Waals surface area contributed by atoms with Gasteiger partial charge in [-0.25, -0.2) is 8.42 Å². The van der Waals surface area contributed by atoms with E-state index in [4.69, 9.17) is 14.8 Å². The predicted octanol–water partition coefficient (Wildman–Crippen LogP) is 6.99. The largest absolute Gasteiger partial charge is 3.00 e. The van der Waals surface area contributed by atoms with E-state index in [1.807, 2.05) is 60.7 Å². The van der Waals surface area contributed by atoms with Gasteiger partial charge in [-0.05, 0) is 66.0 Å². The normalized spacial score (nSPS) is 15.8. The summed E-state index contributed by atoms with van der Waals surface area (Å²) in [5.41, 5.74) is 4.49. The third-order valence-electron chi connectivity index (χ3n) is 8.12. The average molecular weight is 761 g/mol. The van der Waals surface area contributed by atoms with Gasteiger partial charge in [-0.2, -0.15) is 0 Å². The zero-order valence-corrected chi connectivity index (χ0v) is 31.8. The van der Waals surface area contributed by atoms with E-state index in [1.165, 1.54) is 5.92 Å². The molecule has 2 atom stereocenters. The van der Waals surface area contributed by atoms with E-state index in [0.717, 1.165) is 33.7 Å². The molecule has 3 aromatic carbocycles. The number of rotatable bonds is 15. The molecule has 0 aromatic heterocycles. The van der Waals surface area contributed by atoms with Crippen LogP contribution in [-0.4, -0.2) is 28.2 Å². The number of halogens is 1. The zero-order valence-electron chi connectivity index (χ0n) is 28.5. The van der Waals surface area contributed by atoms with E-state index in [2.05, 4.69) is 86.3 Å². The van der Waals surface area contributed by atoms with Gasteiger partial charge < -0.3 is 27.2 Å². The van der Waals surface area contributed by atoms with Crippen LogP contribution in [0.25, 0.3) is 10.0 Å². The number of nitrogens with zero attached hydrogens (tertiary/aromatic N) is 2. The molecule has 3 aromatic rings. The molecule has 0 saturated heterocycles. The Hall–Kier alpha value is -1.60. The van der Waals surface area contributed by atoms with Gasteiger partial charge in [-0.15, -0.1) is 18.6 Å². The van der Waals surface area contributed by atoms with Gasteiger partial charge >= 0.3 is 19.5 Å². The van der Waals surface area contributed by atoms with Crippen molar-refractivity contribution in [3.05, 3.63) is 148 Å². The second kappa shape index (κ2) is 19.6. The Labute approximate surface area is 304 Å². The first-order valence-electron chi connectivity index (χ1n) is 16.0. The summed E-state index contributed by atoms with van der Waals surface area (Å²) in [7, 11) is -4.10. The molecule has 0 N–H and O–H groups in total.